The maximum atomic E-state index is 11.7. The number of thiazole rings is 1. The molecule has 0 saturated carbocycles. The van der Waals surface area contributed by atoms with Crippen molar-refractivity contribution in [3.63, 3.8) is 0 Å². The van der Waals surface area contributed by atoms with E-state index < -0.39 is 11.8 Å². The molecule has 9 heteroatoms. The molecular formula is C15H15N5O3S. The molecule has 3 heterocycles. The molecule has 0 spiro atoms. The van der Waals surface area contributed by atoms with Crippen LogP contribution in [0.4, 0.5) is 0 Å². The number of carbonyl (C=O) groups is 2. The van der Waals surface area contributed by atoms with Crippen LogP contribution in [-0.4, -0.2) is 27.4 Å². The molecule has 0 aliphatic carbocycles. The van der Waals surface area contributed by atoms with Gasteiger partial charge in [0.2, 0.25) is 0 Å². The van der Waals surface area contributed by atoms with E-state index >= 15 is 0 Å². The van der Waals surface area contributed by atoms with Gasteiger partial charge in [-0.05, 0) is 26.0 Å². The van der Waals surface area contributed by atoms with Gasteiger partial charge in [-0.1, -0.05) is 0 Å². The third-order valence-electron chi connectivity index (χ3n) is 3.32. The fourth-order valence-electron chi connectivity index (χ4n) is 2.14. The zero-order chi connectivity index (χ0) is 17.1. The van der Waals surface area contributed by atoms with Gasteiger partial charge in [-0.3, -0.25) is 14.0 Å². The molecule has 0 saturated heterocycles. The summed E-state index contributed by atoms with van der Waals surface area (Å²) in [7, 11) is 0. The molecule has 2 amide bonds. The highest BCUT2D eigenvalue weighted by Crippen LogP contribution is 2.18. The number of nitrogens with one attached hydrogen (secondary N) is 2. The fraction of sp³-hybridized carbons (Fsp3) is 0.200. The summed E-state index contributed by atoms with van der Waals surface area (Å²) in [6.45, 7) is 3.96. The lowest BCUT2D eigenvalue weighted by atomic mass is 10.3. The second-order valence-corrected chi connectivity index (χ2v) is 5.88. The molecule has 24 heavy (non-hydrogen) atoms. The van der Waals surface area contributed by atoms with E-state index in [4.69, 9.17) is 4.42 Å². The molecule has 0 fully saturated rings. The summed E-state index contributed by atoms with van der Waals surface area (Å²) in [4.78, 5) is 28.6. The lowest BCUT2D eigenvalue weighted by Gasteiger charge is -2.01. The Balaban J connectivity index is 1.60. The van der Waals surface area contributed by atoms with Gasteiger partial charge in [0.25, 0.3) is 0 Å². The monoisotopic (exact) mass is 345 g/mol. The third-order valence-corrected chi connectivity index (χ3v) is 4.26. The van der Waals surface area contributed by atoms with Crippen molar-refractivity contribution in [3.05, 3.63) is 46.6 Å². The second kappa shape index (κ2) is 6.67. The Hall–Kier alpha value is -2.94. The summed E-state index contributed by atoms with van der Waals surface area (Å²) >= 11 is 1.53. The Kier molecular flexibility index (Phi) is 4.43. The van der Waals surface area contributed by atoms with Crippen LogP contribution in [-0.2, 0) is 16.1 Å². The highest BCUT2D eigenvalue weighted by atomic mass is 32.1. The molecule has 0 atom stereocenters. The van der Waals surface area contributed by atoms with Crippen LogP contribution in [0.15, 0.2) is 33.3 Å². The van der Waals surface area contributed by atoms with Crippen LogP contribution >= 0.6 is 11.3 Å². The minimum absolute atomic E-state index is 0.138. The molecule has 0 aliphatic rings. The highest BCUT2D eigenvalue weighted by molar-refractivity contribution is 7.15. The van der Waals surface area contributed by atoms with Crippen molar-refractivity contribution in [2.45, 2.75) is 20.4 Å². The number of hydrogen-bond acceptors (Lipinski definition) is 6. The molecule has 3 aromatic rings. The number of hydrazone groups is 1. The number of imidazole rings is 1. The van der Waals surface area contributed by atoms with Gasteiger partial charge in [0.15, 0.2) is 4.96 Å². The average Bonchev–Trinajstić information content (AvgIpc) is 3.26. The zero-order valence-electron chi connectivity index (χ0n) is 13.1. The SMILES string of the molecule is Cc1nc2scc(C)n2c1/C=N/NC(=O)C(=O)NCc1ccco1. The van der Waals surface area contributed by atoms with Crippen LogP contribution in [0.2, 0.25) is 0 Å². The Labute approximate surface area is 141 Å². The molecule has 0 aromatic carbocycles. The van der Waals surface area contributed by atoms with Crippen molar-refractivity contribution in [2.24, 2.45) is 5.10 Å². The Morgan fingerprint density at radius 2 is 2.25 bits per heavy atom. The Morgan fingerprint density at radius 1 is 1.42 bits per heavy atom. The lowest BCUT2D eigenvalue weighted by Crippen LogP contribution is -2.37. The van der Waals surface area contributed by atoms with Crippen molar-refractivity contribution in [2.75, 3.05) is 0 Å². The number of hydrogen-bond donors (Lipinski definition) is 2. The molecule has 0 unspecified atom stereocenters. The number of furan rings is 1. The molecule has 3 aromatic heterocycles. The smallest absolute Gasteiger partial charge is 0.329 e. The van der Waals surface area contributed by atoms with Crippen LogP contribution < -0.4 is 10.7 Å². The molecule has 3 rings (SSSR count). The summed E-state index contributed by atoms with van der Waals surface area (Å²) in [5, 5.41) is 8.27. The van der Waals surface area contributed by atoms with Crippen LogP contribution in [0.1, 0.15) is 22.8 Å². The summed E-state index contributed by atoms with van der Waals surface area (Å²) in [6.07, 6.45) is 2.97. The van der Waals surface area contributed by atoms with Gasteiger partial charge in [0.05, 0.1) is 30.4 Å². The van der Waals surface area contributed by atoms with Gasteiger partial charge in [-0.25, -0.2) is 10.4 Å². The Bertz CT molecular complexity index is 907. The number of aryl methyl sites for hydroxylation is 2. The van der Waals surface area contributed by atoms with Crippen LogP contribution in [0.5, 0.6) is 0 Å². The minimum atomic E-state index is -0.849. The van der Waals surface area contributed by atoms with Crippen LogP contribution in [0.3, 0.4) is 0 Å². The molecule has 0 aliphatic heterocycles. The number of fused-ring (bicyclic) bond motifs is 1. The van der Waals surface area contributed by atoms with E-state index in [2.05, 4.69) is 20.8 Å². The minimum Gasteiger partial charge on any atom is -0.467 e. The summed E-state index contributed by atoms with van der Waals surface area (Å²) in [5.41, 5.74) is 4.79. The maximum absolute atomic E-state index is 11.7. The molecule has 2 N–H and O–H groups in total. The number of carbonyl (C=O) groups excluding carboxylic acids is 2. The third kappa shape index (κ3) is 3.20. The van der Waals surface area contributed by atoms with Gasteiger partial charge in [-0.2, -0.15) is 5.10 Å². The topological polar surface area (TPSA) is 101 Å². The lowest BCUT2D eigenvalue weighted by molar-refractivity contribution is -0.139. The van der Waals surface area contributed by atoms with Crippen LogP contribution in [0.25, 0.3) is 4.96 Å². The standard InChI is InChI=1S/C15H15N5O3S/c1-9-8-24-15-18-10(2)12(20(9)15)7-17-19-14(22)13(21)16-6-11-4-3-5-23-11/h3-5,7-8H,6H2,1-2H3,(H,16,21)(H,19,22)/b17-7+. The fourth-order valence-corrected chi connectivity index (χ4v) is 3.06. The van der Waals surface area contributed by atoms with E-state index in [9.17, 15) is 9.59 Å². The van der Waals surface area contributed by atoms with Crippen molar-refractivity contribution in [3.8, 4) is 0 Å². The van der Waals surface area contributed by atoms with Gasteiger partial charge >= 0.3 is 11.8 Å². The van der Waals surface area contributed by atoms with Crippen molar-refractivity contribution in [1.82, 2.24) is 20.1 Å². The highest BCUT2D eigenvalue weighted by Gasteiger charge is 2.13. The number of aromatic nitrogens is 2. The predicted molar refractivity (Wildman–Crippen MR) is 88.8 cm³/mol. The zero-order valence-corrected chi connectivity index (χ0v) is 13.9. The number of nitrogens with zero attached hydrogens (tertiary/aromatic N) is 3. The van der Waals surface area contributed by atoms with E-state index in [1.807, 2.05) is 23.6 Å². The van der Waals surface area contributed by atoms with E-state index in [-0.39, 0.29) is 6.54 Å². The van der Waals surface area contributed by atoms with Crippen molar-refractivity contribution < 1.29 is 14.0 Å². The van der Waals surface area contributed by atoms with Gasteiger partial charge in [-0.15, -0.1) is 11.3 Å². The second-order valence-electron chi connectivity index (χ2n) is 5.04. The normalized spacial score (nSPS) is 11.2. The number of amides is 2. The first-order chi connectivity index (χ1) is 11.6. The molecule has 124 valence electrons. The van der Waals surface area contributed by atoms with Gasteiger partial charge < -0.3 is 9.73 Å². The maximum Gasteiger partial charge on any atom is 0.329 e. The first-order valence-corrected chi connectivity index (χ1v) is 8.01. The molecule has 0 radical (unpaired) electrons. The van der Waals surface area contributed by atoms with Crippen molar-refractivity contribution in [1.29, 1.82) is 0 Å². The van der Waals surface area contributed by atoms with E-state index in [1.54, 1.807) is 12.1 Å². The van der Waals surface area contributed by atoms with E-state index in [1.165, 1.54) is 23.8 Å². The summed E-state index contributed by atoms with van der Waals surface area (Å²) in [5.74, 6) is -1.08. The Morgan fingerprint density at radius 3 is 3.00 bits per heavy atom. The summed E-state index contributed by atoms with van der Waals surface area (Å²) in [6, 6.07) is 3.40. The van der Waals surface area contributed by atoms with Gasteiger partial charge in [0.1, 0.15) is 5.76 Å². The first-order valence-electron chi connectivity index (χ1n) is 7.13. The van der Waals surface area contributed by atoms with Crippen molar-refractivity contribution >= 4 is 34.3 Å². The van der Waals surface area contributed by atoms with E-state index in [0.717, 1.165) is 22.0 Å². The molecular weight excluding hydrogens is 330 g/mol. The van der Waals surface area contributed by atoms with E-state index in [0.29, 0.717) is 5.76 Å². The largest absolute Gasteiger partial charge is 0.467 e. The summed E-state index contributed by atoms with van der Waals surface area (Å²) < 4.78 is 7.00. The quantitative estimate of drug-likeness (QED) is 0.424. The number of rotatable bonds is 4. The molecule has 0 bridgehead atoms. The first kappa shape index (κ1) is 15.9. The average molecular weight is 345 g/mol. The molecule has 8 nitrogen and oxygen atoms in total. The van der Waals surface area contributed by atoms with Crippen LogP contribution in [0, 0.1) is 13.8 Å². The predicted octanol–water partition coefficient (Wildman–Crippen LogP) is 1.37. The van der Waals surface area contributed by atoms with Gasteiger partial charge in [0, 0.05) is 11.1 Å².